The van der Waals surface area contributed by atoms with Crippen LogP contribution in [-0.4, -0.2) is 53.0 Å². The van der Waals surface area contributed by atoms with Gasteiger partial charge in [0, 0.05) is 37.6 Å². The maximum atomic E-state index is 12.7. The first-order valence-corrected chi connectivity index (χ1v) is 11.8. The molecule has 8 nitrogen and oxygen atoms in total. The molecule has 0 atom stereocenters. The molecule has 4 rings (SSSR count). The van der Waals surface area contributed by atoms with Crippen molar-refractivity contribution >= 4 is 15.9 Å². The zero-order valence-electron chi connectivity index (χ0n) is 17.1. The number of benzene rings is 1. The standard InChI is InChI=1S/C22H25N5O3S/c28-22(24-13-17-26-16-11-21(25-26)20-6-2-3-12-23-20)18-7-9-19(10-8-18)31(29,30)27-14-4-1-5-15-27/h2-3,6-12,16H,1,4-5,13-15,17H2,(H,24,28). The third-order valence-electron chi connectivity index (χ3n) is 5.26. The van der Waals surface area contributed by atoms with Gasteiger partial charge in [0.1, 0.15) is 5.69 Å². The second-order valence-electron chi connectivity index (χ2n) is 7.42. The first-order valence-electron chi connectivity index (χ1n) is 10.4. The van der Waals surface area contributed by atoms with Crippen molar-refractivity contribution in [3.05, 3.63) is 66.5 Å². The van der Waals surface area contributed by atoms with Crippen molar-refractivity contribution in [3.63, 3.8) is 0 Å². The second-order valence-corrected chi connectivity index (χ2v) is 9.36. The van der Waals surface area contributed by atoms with Crippen molar-refractivity contribution in [2.24, 2.45) is 0 Å². The molecule has 3 heterocycles. The number of aromatic nitrogens is 3. The molecular weight excluding hydrogens is 414 g/mol. The number of nitrogens with zero attached hydrogens (tertiary/aromatic N) is 4. The average molecular weight is 440 g/mol. The Balaban J connectivity index is 1.31. The summed E-state index contributed by atoms with van der Waals surface area (Å²) in [4.78, 5) is 16.9. The van der Waals surface area contributed by atoms with Crippen LogP contribution in [0.1, 0.15) is 29.6 Å². The van der Waals surface area contributed by atoms with Gasteiger partial charge in [0.05, 0.1) is 17.1 Å². The van der Waals surface area contributed by atoms with Crippen LogP contribution in [-0.2, 0) is 16.6 Å². The molecule has 9 heteroatoms. The van der Waals surface area contributed by atoms with E-state index in [0.29, 0.717) is 31.7 Å². The number of carbonyl (C=O) groups is 1. The smallest absolute Gasteiger partial charge is 0.251 e. The molecule has 0 aliphatic carbocycles. The van der Waals surface area contributed by atoms with E-state index < -0.39 is 10.0 Å². The third kappa shape index (κ3) is 5.00. The van der Waals surface area contributed by atoms with Crippen molar-refractivity contribution in [2.45, 2.75) is 30.7 Å². The maximum Gasteiger partial charge on any atom is 0.251 e. The summed E-state index contributed by atoms with van der Waals surface area (Å²) in [5.74, 6) is -0.251. The molecule has 1 amide bonds. The van der Waals surface area contributed by atoms with Gasteiger partial charge >= 0.3 is 0 Å². The number of hydrogen-bond acceptors (Lipinski definition) is 5. The molecule has 1 fully saturated rings. The van der Waals surface area contributed by atoms with Crippen LogP contribution in [0, 0.1) is 0 Å². The summed E-state index contributed by atoms with van der Waals surface area (Å²) in [7, 11) is -3.49. The Morgan fingerprint density at radius 3 is 2.45 bits per heavy atom. The molecule has 3 aromatic rings. The zero-order valence-corrected chi connectivity index (χ0v) is 18.0. The molecule has 1 saturated heterocycles. The SMILES string of the molecule is O=C(NCCn1ccc(-c2ccccn2)n1)c1ccc(S(=O)(=O)N2CCCCC2)cc1. The lowest BCUT2D eigenvalue weighted by atomic mass is 10.2. The van der Waals surface area contributed by atoms with Gasteiger partial charge in [-0.15, -0.1) is 0 Å². The summed E-state index contributed by atoms with van der Waals surface area (Å²) in [5, 5.41) is 7.31. The Bertz CT molecular complexity index is 1120. The van der Waals surface area contributed by atoms with Crippen LogP contribution < -0.4 is 5.32 Å². The largest absolute Gasteiger partial charge is 0.350 e. The predicted octanol–water partition coefficient (Wildman–Crippen LogP) is 2.55. The molecule has 0 saturated carbocycles. The maximum absolute atomic E-state index is 12.7. The molecular formula is C22H25N5O3S. The van der Waals surface area contributed by atoms with Gasteiger partial charge < -0.3 is 5.32 Å². The van der Waals surface area contributed by atoms with E-state index >= 15 is 0 Å². The first-order chi connectivity index (χ1) is 15.0. The van der Waals surface area contributed by atoms with E-state index in [0.717, 1.165) is 30.7 Å². The molecule has 162 valence electrons. The van der Waals surface area contributed by atoms with Gasteiger partial charge in [-0.2, -0.15) is 9.40 Å². The second kappa shape index (κ2) is 9.40. The number of piperidine rings is 1. The lowest BCUT2D eigenvalue weighted by molar-refractivity contribution is 0.0952. The zero-order chi connectivity index (χ0) is 21.7. The van der Waals surface area contributed by atoms with Crippen molar-refractivity contribution in [2.75, 3.05) is 19.6 Å². The van der Waals surface area contributed by atoms with Gasteiger partial charge in [-0.3, -0.25) is 14.5 Å². The summed E-state index contributed by atoms with van der Waals surface area (Å²) in [6.07, 6.45) is 6.40. The highest BCUT2D eigenvalue weighted by atomic mass is 32.2. The van der Waals surface area contributed by atoms with Crippen LogP contribution in [0.5, 0.6) is 0 Å². The summed E-state index contributed by atoms with van der Waals surface area (Å²) >= 11 is 0. The number of hydrogen-bond donors (Lipinski definition) is 1. The average Bonchev–Trinajstić information content (AvgIpc) is 3.29. The van der Waals surface area contributed by atoms with Crippen LogP contribution >= 0.6 is 0 Å². The Morgan fingerprint density at radius 2 is 1.74 bits per heavy atom. The molecule has 31 heavy (non-hydrogen) atoms. The molecule has 1 aromatic carbocycles. The topological polar surface area (TPSA) is 97.2 Å². The van der Waals surface area contributed by atoms with Crippen LogP contribution in [0.15, 0.2) is 65.8 Å². The van der Waals surface area contributed by atoms with Gasteiger partial charge in [0.15, 0.2) is 0 Å². The van der Waals surface area contributed by atoms with E-state index in [1.807, 2.05) is 30.5 Å². The quantitative estimate of drug-likeness (QED) is 0.610. The molecule has 1 aliphatic rings. The van der Waals surface area contributed by atoms with Gasteiger partial charge in [0.25, 0.3) is 5.91 Å². The fourth-order valence-electron chi connectivity index (χ4n) is 3.56. The molecule has 1 aliphatic heterocycles. The minimum absolute atomic E-state index is 0.226. The van der Waals surface area contributed by atoms with Gasteiger partial charge in [-0.05, 0) is 55.3 Å². The number of sulfonamides is 1. The van der Waals surface area contributed by atoms with Gasteiger partial charge in [0.2, 0.25) is 10.0 Å². The van der Waals surface area contributed by atoms with E-state index in [1.54, 1.807) is 23.0 Å². The summed E-state index contributed by atoms with van der Waals surface area (Å²) in [5.41, 5.74) is 1.99. The van der Waals surface area contributed by atoms with Crippen LogP contribution in [0.25, 0.3) is 11.4 Å². The number of rotatable bonds is 7. The fraction of sp³-hybridized carbons (Fsp3) is 0.318. The monoisotopic (exact) mass is 439 g/mol. The van der Waals surface area contributed by atoms with E-state index in [2.05, 4.69) is 15.4 Å². The molecule has 1 N–H and O–H groups in total. The number of carbonyl (C=O) groups excluding carboxylic acids is 1. The molecule has 2 aromatic heterocycles. The predicted molar refractivity (Wildman–Crippen MR) is 117 cm³/mol. The van der Waals surface area contributed by atoms with Gasteiger partial charge in [-0.25, -0.2) is 8.42 Å². The summed E-state index contributed by atoms with van der Waals surface area (Å²) < 4.78 is 28.7. The minimum atomic E-state index is -3.49. The molecule has 0 unspecified atom stereocenters. The number of nitrogens with one attached hydrogen (secondary N) is 1. The Labute approximate surface area is 182 Å². The van der Waals surface area contributed by atoms with E-state index in [4.69, 9.17) is 0 Å². The first kappa shape index (κ1) is 21.2. The Morgan fingerprint density at radius 1 is 0.968 bits per heavy atom. The summed E-state index contributed by atoms with van der Waals surface area (Å²) in [6, 6.07) is 13.7. The van der Waals surface area contributed by atoms with Gasteiger partial charge in [-0.1, -0.05) is 12.5 Å². The highest BCUT2D eigenvalue weighted by Crippen LogP contribution is 2.21. The fourth-order valence-corrected chi connectivity index (χ4v) is 5.07. The van der Waals surface area contributed by atoms with Crippen LogP contribution in [0.2, 0.25) is 0 Å². The molecule has 0 radical (unpaired) electrons. The molecule has 0 spiro atoms. The number of pyridine rings is 1. The van der Waals surface area contributed by atoms with E-state index in [-0.39, 0.29) is 10.8 Å². The third-order valence-corrected chi connectivity index (χ3v) is 7.18. The highest BCUT2D eigenvalue weighted by molar-refractivity contribution is 7.89. The lowest BCUT2D eigenvalue weighted by Gasteiger charge is -2.25. The molecule has 0 bridgehead atoms. The Hall–Kier alpha value is -3.04. The van der Waals surface area contributed by atoms with Crippen molar-refractivity contribution < 1.29 is 13.2 Å². The van der Waals surface area contributed by atoms with E-state index in [9.17, 15) is 13.2 Å². The van der Waals surface area contributed by atoms with E-state index in [1.165, 1.54) is 16.4 Å². The van der Waals surface area contributed by atoms with Crippen LogP contribution in [0.4, 0.5) is 0 Å². The van der Waals surface area contributed by atoms with Crippen molar-refractivity contribution in [1.29, 1.82) is 0 Å². The summed E-state index contributed by atoms with van der Waals surface area (Å²) in [6.45, 7) is 2.02. The normalized spacial score (nSPS) is 15.0. The van der Waals surface area contributed by atoms with Crippen molar-refractivity contribution in [3.8, 4) is 11.4 Å². The van der Waals surface area contributed by atoms with Crippen molar-refractivity contribution in [1.82, 2.24) is 24.4 Å². The minimum Gasteiger partial charge on any atom is -0.350 e. The Kier molecular flexibility index (Phi) is 6.43. The van der Waals surface area contributed by atoms with Crippen LogP contribution in [0.3, 0.4) is 0 Å². The highest BCUT2D eigenvalue weighted by Gasteiger charge is 2.25. The lowest BCUT2D eigenvalue weighted by Crippen LogP contribution is -2.35. The number of amides is 1.